The Morgan fingerprint density at radius 1 is 1.38 bits per heavy atom. The van der Waals surface area contributed by atoms with E-state index >= 15 is 0 Å². The Labute approximate surface area is 131 Å². The molecule has 5 nitrogen and oxygen atoms in total. The molecule has 7 heteroatoms. The fourth-order valence-corrected chi connectivity index (χ4v) is 6.00. The number of nitrogens with zero attached hydrogens (tertiary/aromatic N) is 1. The highest BCUT2D eigenvalue weighted by molar-refractivity contribution is 8.00. The Balaban J connectivity index is 2.39. The molecule has 0 bridgehead atoms. The third-order valence-electron chi connectivity index (χ3n) is 3.83. The van der Waals surface area contributed by atoms with Crippen LogP contribution in [-0.2, 0) is 16.6 Å². The molecule has 1 aliphatic rings. The maximum Gasteiger partial charge on any atom is 0.246 e. The lowest BCUT2D eigenvalue weighted by Gasteiger charge is -2.31. The number of furan rings is 1. The van der Waals surface area contributed by atoms with Gasteiger partial charge in [0.2, 0.25) is 10.0 Å². The molecule has 1 aliphatic heterocycles. The lowest BCUT2D eigenvalue weighted by molar-refractivity contribution is 0.413. The van der Waals surface area contributed by atoms with Crippen molar-refractivity contribution in [2.24, 2.45) is 0 Å². The molecule has 1 aromatic heterocycles. The van der Waals surface area contributed by atoms with E-state index in [2.05, 4.69) is 12.2 Å². The maximum absolute atomic E-state index is 13.0. The molecule has 0 saturated carbocycles. The predicted molar refractivity (Wildman–Crippen MR) is 86.2 cm³/mol. The third-order valence-corrected chi connectivity index (χ3v) is 7.27. The van der Waals surface area contributed by atoms with E-state index < -0.39 is 10.0 Å². The van der Waals surface area contributed by atoms with E-state index in [9.17, 15) is 8.42 Å². The molecule has 1 fully saturated rings. The van der Waals surface area contributed by atoms with Gasteiger partial charge in [0, 0.05) is 36.2 Å². The van der Waals surface area contributed by atoms with Gasteiger partial charge in [0.25, 0.3) is 0 Å². The van der Waals surface area contributed by atoms with Gasteiger partial charge >= 0.3 is 0 Å². The van der Waals surface area contributed by atoms with Crippen molar-refractivity contribution in [2.75, 3.05) is 25.9 Å². The molecule has 120 valence electrons. The quantitative estimate of drug-likeness (QED) is 0.895. The van der Waals surface area contributed by atoms with Gasteiger partial charge in [-0.15, -0.1) is 0 Å². The van der Waals surface area contributed by atoms with Crippen LogP contribution < -0.4 is 5.32 Å². The number of thioether (sulfide) groups is 1. The molecule has 0 spiro atoms. The van der Waals surface area contributed by atoms with Crippen LogP contribution >= 0.6 is 11.8 Å². The van der Waals surface area contributed by atoms with E-state index in [1.54, 1.807) is 11.2 Å². The fourth-order valence-electron chi connectivity index (χ4n) is 2.72. The molecule has 0 aromatic carbocycles. The molecule has 2 rings (SSSR count). The predicted octanol–water partition coefficient (Wildman–Crippen LogP) is 2.13. The Hall–Kier alpha value is -0.500. The van der Waals surface area contributed by atoms with Crippen molar-refractivity contribution in [2.45, 2.75) is 43.9 Å². The van der Waals surface area contributed by atoms with Gasteiger partial charge in [-0.1, -0.05) is 6.92 Å². The zero-order chi connectivity index (χ0) is 15.6. The SMILES string of the molecule is CCC1CN(S(=O)(=O)c2c(C)oc(C)c2CNC)CCS1. The Morgan fingerprint density at radius 2 is 2.10 bits per heavy atom. The molecule has 21 heavy (non-hydrogen) atoms. The average Bonchev–Trinajstić information content (AvgIpc) is 2.74. The highest BCUT2D eigenvalue weighted by atomic mass is 32.2. The highest BCUT2D eigenvalue weighted by Gasteiger charge is 2.35. The summed E-state index contributed by atoms with van der Waals surface area (Å²) < 4.78 is 33.2. The molecule has 1 unspecified atom stereocenters. The van der Waals surface area contributed by atoms with Crippen molar-refractivity contribution in [3.05, 3.63) is 17.1 Å². The van der Waals surface area contributed by atoms with E-state index in [0.29, 0.717) is 41.3 Å². The van der Waals surface area contributed by atoms with Crippen molar-refractivity contribution in [1.29, 1.82) is 0 Å². The molecular formula is C14H24N2O3S2. The highest BCUT2D eigenvalue weighted by Crippen LogP contribution is 2.32. The van der Waals surface area contributed by atoms with Gasteiger partial charge in [0.1, 0.15) is 16.4 Å². The van der Waals surface area contributed by atoms with E-state index in [0.717, 1.165) is 17.7 Å². The molecule has 1 atom stereocenters. The van der Waals surface area contributed by atoms with Gasteiger partial charge in [-0.05, 0) is 27.3 Å². The number of nitrogens with one attached hydrogen (secondary N) is 1. The third kappa shape index (κ3) is 3.31. The van der Waals surface area contributed by atoms with Gasteiger partial charge in [-0.3, -0.25) is 0 Å². The molecule has 1 saturated heterocycles. The summed E-state index contributed by atoms with van der Waals surface area (Å²) in [5.41, 5.74) is 0.751. The van der Waals surface area contributed by atoms with Crippen LogP contribution in [0.3, 0.4) is 0 Å². The molecule has 2 heterocycles. The lowest BCUT2D eigenvalue weighted by atomic mass is 10.2. The summed E-state index contributed by atoms with van der Waals surface area (Å²) in [6.45, 7) is 7.32. The van der Waals surface area contributed by atoms with Gasteiger partial charge in [-0.2, -0.15) is 16.1 Å². The van der Waals surface area contributed by atoms with Crippen LogP contribution in [0, 0.1) is 13.8 Å². The number of sulfonamides is 1. The normalized spacial score (nSPS) is 20.9. The van der Waals surface area contributed by atoms with E-state index in [4.69, 9.17) is 4.42 Å². The van der Waals surface area contributed by atoms with Crippen LogP contribution in [0.2, 0.25) is 0 Å². The maximum atomic E-state index is 13.0. The van der Waals surface area contributed by atoms with E-state index in [1.807, 2.05) is 25.7 Å². The van der Waals surface area contributed by atoms with Gasteiger partial charge in [0.15, 0.2) is 0 Å². The largest absolute Gasteiger partial charge is 0.465 e. The Morgan fingerprint density at radius 3 is 2.71 bits per heavy atom. The summed E-state index contributed by atoms with van der Waals surface area (Å²) in [6, 6.07) is 0. The number of rotatable bonds is 5. The van der Waals surface area contributed by atoms with E-state index in [1.165, 1.54) is 0 Å². The summed E-state index contributed by atoms with van der Waals surface area (Å²) in [4.78, 5) is 0.358. The fraction of sp³-hybridized carbons (Fsp3) is 0.714. The van der Waals surface area contributed by atoms with Crippen molar-refractivity contribution in [3.8, 4) is 0 Å². The van der Waals surface area contributed by atoms with Crippen LogP contribution in [0.15, 0.2) is 9.31 Å². The van der Waals surface area contributed by atoms with Crippen molar-refractivity contribution in [1.82, 2.24) is 9.62 Å². The zero-order valence-electron chi connectivity index (χ0n) is 13.1. The summed E-state index contributed by atoms with van der Waals surface area (Å²) in [5.74, 6) is 2.03. The van der Waals surface area contributed by atoms with E-state index in [-0.39, 0.29) is 0 Å². The minimum Gasteiger partial charge on any atom is -0.465 e. The first-order valence-corrected chi connectivity index (χ1v) is 9.75. The Kier molecular flexibility index (Phi) is 5.40. The van der Waals surface area contributed by atoms with Gasteiger partial charge < -0.3 is 9.73 Å². The Bertz CT molecular complexity index is 596. The topological polar surface area (TPSA) is 62.6 Å². The van der Waals surface area contributed by atoms with Crippen LogP contribution in [0.25, 0.3) is 0 Å². The first-order chi connectivity index (χ1) is 9.91. The summed E-state index contributed by atoms with van der Waals surface area (Å²) in [7, 11) is -1.67. The molecule has 0 aliphatic carbocycles. The molecular weight excluding hydrogens is 308 g/mol. The molecule has 1 N–H and O–H groups in total. The second-order valence-corrected chi connectivity index (χ2v) is 8.60. The first kappa shape index (κ1) is 16.9. The van der Waals surface area contributed by atoms with Crippen molar-refractivity contribution < 1.29 is 12.8 Å². The van der Waals surface area contributed by atoms with Gasteiger partial charge in [-0.25, -0.2) is 8.42 Å². The first-order valence-electron chi connectivity index (χ1n) is 7.27. The standard InChI is InChI=1S/C14H24N2O3S2/c1-5-12-9-16(6-7-20-12)21(17,18)14-11(3)19-10(2)13(14)8-15-4/h12,15H,5-9H2,1-4H3. The average molecular weight is 332 g/mol. The lowest BCUT2D eigenvalue weighted by Crippen LogP contribution is -2.42. The number of hydrogen-bond donors (Lipinski definition) is 1. The minimum atomic E-state index is -3.48. The monoisotopic (exact) mass is 332 g/mol. The van der Waals surface area contributed by atoms with Crippen LogP contribution in [0.4, 0.5) is 0 Å². The molecule has 1 aromatic rings. The summed E-state index contributed by atoms with van der Waals surface area (Å²) in [5, 5.41) is 3.41. The van der Waals surface area contributed by atoms with Crippen molar-refractivity contribution in [3.63, 3.8) is 0 Å². The summed E-state index contributed by atoms with van der Waals surface area (Å²) in [6.07, 6.45) is 0.990. The summed E-state index contributed by atoms with van der Waals surface area (Å²) >= 11 is 1.86. The minimum absolute atomic E-state index is 0.358. The second kappa shape index (κ2) is 6.73. The number of hydrogen-bond acceptors (Lipinski definition) is 5. The van der Waals surface area contributed by atoms with Crippen LogP contribution in [0.1, 0.15) is 30.4 Å². The second-order valence-electron chi connectivity index (χ2n) is 5.32. The van der Waals surface area contributed by atoms with Crippen LogP contribution in [-0.4, -0.2) is 43.9 Å². The number of aryl methyl sites for hydroxylation is 2. The smallest absolute Gasteiger partial charge is 0.246 e. The van der Waals surface area contributed by atoms with Gasteiger partial charge in [0.05, 0.1) is 0 Å². The van der Waals surface area contributed by atoms with Crippen molar-refractivity contribution >= 4 is 21.8 Å². The molecule has 0 radical (unpaired) electrons. The molecule has 0 amide bonds. The van der Waals surface area contributed by atoms with Crippen LogP contribution in [0.5, 0.6) is 0 Å². The zero-order valence-corrected chi connectivity index (χ0v) is 14.7.